The van der Waals surface area contributed by atoms with Crippen LogP contribution < -0.4 is 10.5 Å². The fraction of sp³-hybridized carbons (Fsp3) is 0.292. The average Bonchev–Trinajstić information content (AvgIpc) is 3.31. The van der Waals surface area contributed by atoms with Crippen LogP contribution >= 0.6 is 0 Å². The van der Waals surface area contributed by atoms with E-state index < -0.39 is 0 Å². The Labute approximate surface area is 174 Å². The standard InChI is InChI=1S/C24H30BN3O/c1-3-4-16-29-21-11-8-19(9-12-21)7-10-20-17-18(2)24(27-20)22(13-14-26)23-6-5-15-28(23)25/h5-12,15,17H,3-4,13-14,16,25-26H2,1-2H3/b10-7+,24-22-. The predicted octanol–water partition coefficient (Wildman–Crippen LogP) is 4.24. The van der Waals surface area contributed by atoms with Crippen molar-refractivity contribution in [2.75, 3.05) is 13.2 Å². The number of benzene rings is 1. The summed E-state index contributed by atoms with van der Waals surface area (Å²) in [4.78, 5) is 4.89. The van der Waals surface area contributed by atoms with Crippen LogP contribution in [0.2, 0.25) is 0 Å². The van der Waals surface area contributed by atoms with Gasteiger partial charge in [-0.25, -0.2) is 4.99 Å². The van der Waals surface area contributed by atoms with Gasteiger partial charge in [0, 0.05) is 11.3 Å². The lowest BCUT2D eigenvalue weighted by atomic mass is 10.0. The quantitative estimate of drug-likeness (QED) is 0.517. The van der Waals surface area contributed by atoms with E-state index in [1.807, 2.05) is 12.1 Å². The minimum atomic E-state index is 0.602. The minimum absolute atomic E-state index is 0.602. The summed E-state index contributed by atoms with van der Waals surface area (Å²) in [5, 5.41) is 0. The summed E-state index contributed by atoms with van der Waals surface area (Å²) in [5.74, 6) is 0.920. The molecule has 0 fully saturated rings. The molecular formula is C24H30BN3O. The Kier molecular flexibility index (Phi) is 7.31. The first-order chi connectivity index (χ1) is 14.1. The Hall–Kier alpha value is -2.79. The molecule has 0 radical (unpaired) electrons. The van der Waals surface area contributed by atoms with Gasteiger partial charge in [0.25, 0.3) is 0 Å². The molecule has 5 heteroatoms. The van der Waals surface area contributed by atoms with Crippen LogP contribution in [0.3, 0.4) is 0 Å². The van der Waals surface area contributed by atoms with E-state index in [0.717, 1.165) is 48.6 Å². The summed E-state index contributed by atoms with van der Waals surface area (Å²) in [6, 6.07) is 12.4. The minimum Gasteiger partial charge on any atom is -0.494 e. The molecule has 0 spiro atoms. The molecule has 3 rings (SSSR count). The highest BCUT2D eigenvalue weighted by molar-refractivity contribution is 6.11. The smallest absolute Gasteiger partial charge is 0.223 e. The van der Waals surface area contributed by atoms with Crippen molar-refractivity contribution in [2.24, 2.45) is 10.7 Å². The van der Waals surface area contributed by atoms with Crippen molar-refractivity contribution in [3.63, 3.8) is 0 Å². The molecule has 150 valence electrons. The van der Waals surface area contributed by atoms with E-state index in [-0.39, 0.29) is 0 Å². The molecular weight excluding hydrogens is 357 g/mol. The van der Waals surface area contributed by atoms with Crippen molar-refractivity contribution in [3.05, 3.63) is 77.3 Å². The van der Waals surface area contributed by atoms with Crippen molar-refractivity contribution >= 4 is 25.3 Å². The van der Waals surface area contributed by atoms with Gasteiger partial charge in [0.1, 0.15) is 5.75 Å². The number of allylic oxidation sites excluding steroid dienone is 3. The lowest BCUT2D eigenvalue weighted by Crippen LogP contribution is -2.05. The van der Waals surface area contributed by atoms with Gasteiger partial charge in [0.05, 0.1) is 18.0 Å². The number of aromatic nitrogens is 1. The molecule has 0 amide bonds. The number of nitrogens with two attached hydrogens (primary N) is 1. The monoisotopic (exact) mass is 387 g/mol. The summed E-state index contributed by atoms with van der Waals surface area (Å²) >= 11 is 0. The van der Waals surface area contributed by atoms with Crippen molar-refractivity contribution in [1.29, 1.82) is 0 Å². The number of nitrogens with zero attached hydrogens (tertiary/aromatic N) is 2. The molecule has 0 unspecified atom stereocenters. The molecule has 0 aliphatic carbocycles. The lowest BCUT2D eigenvalue weighted by Gasteiger charge is -2.11. The first-order valence-electron chi connectivity index (χ1n) is 10.4. The van der Waals surface area contributed by atoms with Gasteiger partial charge in [-0.1, -0.05) is 31.6 Å². The Morgan fingerprint density at radius 2 is 2.00 bits per heavy atom. The SMILES string of the molecule is Bn1cccc1/C(CCN)=C1N=C(/C=C/c2ccc(OCCCC)cc2)C=C\1C. The molecule has 2 N–H and O–H groups in total. The zero-order chi connectivity index (χ0) is 20.6. The van der Waals surface area contributed by atoms with Gasteiger partial charge in [0.15, 0.2) is 0 Å². The van der Waals surface area contributed by atoms with Gasteiger partial charge < -0.3 is 14.9 Å². The number of hydrogen-bond donors (Lipinski definition) is 1. The number of rotatable bonds is 9. The van der Waals surface area contributed by atoms with Gasteiger partial charge >= 0.3 is 0 Å². The highest BCUT2D eigenvalue weighted by atomic mass is 16.5. The highest BCUT2D eigenvalue weighted by Gasteiger charge is 2.16. The molecule has 1 aromatic heterocycles. The molecule has 2 heterocycles. The van der Waals surface area contributed by atoms with Crippen LogP contribution in [0, 0.1) is 0 Å². The molecule has 0 saturated carbocycles. The third kappa shape index (κ3) is 5.39. The van der Waals surface area contributed by atoms with E-state index in [0.29, 0.717) is 6.54 Å². The molecule has 1 aromatic carbocycles. The maximum absolute atomic E-state index is 5.88. The fourth-order valence-corrected chi connectivity index (χ4v) is 3.41. The maximum atomic E-state index is 5.88. The largest absolute Gasteiger partial charge is 0.494 e. The molecule has 0 atom stereocenters. The Bertz CT molecular complexity index is 949. The summed E-state index contributed by atoms with van der Waals surface area (Å²) in [6.07, 6.45) is 11.4. The summed E-state index contributed by atoms with van der Waals surface area (Å²) in [5.41, 5.74) is 12.6. The second-order valence-electron chi connectivity index (χ2n) is 7.34. The Morgan fingerprint density at radius 1 is 1.21 bits per heavy atom. The predicted molar refractivity (Wildman–Crippen MR) is 126 cm³/mol. The van der Waals surface area contributed by atoms with Crippen molar-refractivity contribution in [1.82, 2.24) is 4.48 Å². The third-order valence-electron chi connectivity index (χ3n) is 5.01. The van der Waals surface area contributed by atoms with Crippen LogP contribution in [0.1, 0.15) is 44.4 Å². The number of unbranched alkanes of at least 4 members (excludes halogenated alkanes) is 1. The molecule has 29 heavy (non-hydrogen) atoms. The lowest BCUT2D eigenvalue weighted by molar-refractivity contribution is 0.309. The second-order valence-corrected chi connectivity index (χ2v) is 7.34. The number of hydrogen-bond acceptors (Lipinski definition) is 3. The first kappa shape index (κ1) is 20.9. The number of aliphatic imine (C=N–C) groups is 1. The van der Waals surface area contributed by atoms with Gasteiger partial charge in [-0.2, -0.15) is 0 Å². The first-order valence-corrected chi connectivity index (χ1v) is 10.4. The molecule has 0 saturated heterocycles. The summed E-state index contributed by atoms with van der Waals surface area (Å²) in [6.45, 7) is 5.65. The topological polar surface area (TPSA) is 52.5 Å². The van der Waals surface area contributed by atoms with Crippen molar-refractivity contribution in [2.45, 2.75) is 33.1 Å². The van der Waals surface area contributed by atoms with E-state index in [2.05, 4.69) is 75.0 Å². The third-order valence-corrected chi connectivity index (χ3v) is 5.01. The zero-order valence-corrected chi connectivity index (χ0v) is 17.7. The van der Waals surface area contributed by atoms with Gasteiger partial charge in [-0.05, 0) is 80.1 Å². The van der Waals surface area contributed by atoms with Crippen molar-refractivity contribution < 1.29 is 4.74 Å². The summed E-state index contributed by atoms with van der Waals surface area (Å²) < 4.78 is 7.85. The van der Waals surface area contributed by atoms with E-state index in [9.17, 15) is 0 Å². The van der Waals surface area contributed by atoms with Gasteiger partial charge in [0.2, 0.25) is 7.98 Å². The molecule has 0 bridgehead atoms. The normalized spacial score (nSPS) is 15.6. The highest BCUT2D eigenvalue weighted by Crippen LogP contribution is 2.31. The number of ether oxygens (including phenoxy) is 1. The molecule has 4 nitrogen and oxygen atoms in total. The average molecular weight is 387 g/mol. The summed E-state index contributed by atoms with van der Waals surface area (Å²) in [7, 11) is 2.06. The second kappa shape index (κ2) is 10.1. The van der Waals surface area contributed by atoms with Crippen LogP contribution in [-0.4, -0.2) is 31.3 Å². The maximum Gasteiger partial charge on any atom is 0.223 e. The van der Waals surface area contributed by atoms with Crippen molar-refractivity contribution in [3.8, 4) is 5.75 Å². The van der Waals surface area contributed by atoms with E-state index >= 15 is 0 Å². The molecule has 1 aliphatic rings. The van der Waals surface area contributed by atoms with Gasteiger partial charge in [-0.3, -0.25) is 0 Å². The van der Waals surface area contributed by atoms with E-state index in [1.165, 1.54) is 16.8 Å². The Balaban J connectivity index is 1.77. The van der Waals surface area contributed by atoms with Crippen LogP contribution in [0.15, 0.2) is 71.0 Å². The van der Waals surface area contributed by atoms with E-state index in [1.54, 1.807) is 0 Å². The van der Waals surface area contributed by atoms with Crippen LogP contribution in [-0.2, 0) is 0 Å². The molecule has 1 aliphatic heterocycles. The fourth-order valence-electron chi connectivity index (χ4n) is 3.41. The Morgan fingerprint density at radius 3 is 2.66 bits per heavy atom. The van der Waals surface area contributed by atoms with Crippen LogP contribution in [0.25, 0.3) is 11.6 Å². The van der Waals surface area contributed by atoms with Gasteiger partial charge in [-0.15, -0.1) is 0 Å². The zero-order valence-electron chi connectivity index (χ0n) is 17.7. The van der Waals surface area contributed by atoms with Crippen LogP contribution in [0.5, 0.6) is 5.75 Å². The molecule has 2 aromatic rings. The van der Waals surface area contributed by atoms with E-state index in [4.69, 9.17) is 15.5 Å². The van der Waals surface area contributed by atoms with Crippen LogP contribution in [0.4, 0.5) is 0 Å².